The molecule has 5 aliphatic heterocycles. The molecule has 0 spiro atoms. The molecule has 0 radical (unpaired) electrons. The van der Waals surface area contributed by atoms with Crippen molar-refractivity contribution in [1.29, 1.82) is 0 Å². The van der Waals surface area contributed by atoms with Gasteiger partial charge in [-0.3, -0.25) is 4.79 Å². The van der Waals surface area contributed by atoms with Gasteiger partial charge in [0.15, 0.2) is 0 Å². The summed E-state index contributed by atoms with van der Waals surface area (Å²) in [6.45, 7) is 10.5. The van der Waals surface area contributed by atoms with Crippen LogP contribution in [0.4, 0.5) is 4.79 Å². The lowest BCUT2D eigenvalue weighted by molar-refractivity contribution is -0.133. The van der Waals surface area contributed by atoms with Gasteiger partial charge >= 0.3 is 6.09 Å². The Balaban J connectivity index is 0.000000198. The number of likely N-dealkylation sites (tertiary alicyclic amines) is 2. The van der Waals surface area contributed by atoms with Crippen molar-refractivity contribution in [3.8, 4) is 0 Å². The molecular weight excluding hydrogens is 1110 g/mol. The summed E-state index contributed by atoms with van der Waals surface area (Å²) >= 11 is 27.4. The van der Waals surface area contributed by atoms with Crippen LogP contribution in [0.2, 0.25) is 10.0 Å². The number of carbonyl (C=O) groups is 2. The standard InChI is InChI=1S/C31H35Br2ClN3O3.C19H16Br2ClN2/c1-31(2,3)40-30(39)37-10-6-19(7-11-37)14-26(38)36-12-8-20(9-13-36)28-27-21(16-24(34)17-25(27)33)4-5-22-15-23(32)18-35-29(22)28;20-14-7-13-2-1-12-8-15(22)9-16(21)17(12)18(19(13)24-10-14)11-3-5-23-6-4-11/h4-5,15-20H,6-14H2,1-3H3;1-2,7-11,23H,3-6H2/q2*-1. The Morgan fingerprint density at radius 1 is 0.688 bits per heavy atom. The summed E-state index contributed by atoms with van der Waals surface area (Å²) in [5.41, 5.74) is 10.9. The normalized spacial score (nSPS) is 20.4. The highest BCUT2D eigenvalue weighted by atomic mass is 79.9. The van der Waals surface area contributed by atoms with E-state index in [0.29, 0.717) is 36.4 Å². The molecule has 0 atom stereocenters. The summed E-state index contributed by atoms with van der Waals surface area (Å²) in [7, 11) is 0. The van der Waals surface area contributed by atoms with Crippen LogP contribution in [-0.4, -0.2) is 66.7 Å². The van der Waals surface area contributed by atoms with Crippen LogP contribution in [0.3, 0.4) is 0 Å². The predicted octanol–water partition coefficient (Wildman–Crippen LogP) is 15.1. The van der Waals surface area contributed by atoms with E-state index in [2.05, 4.69) is 105 Å². The van der Waals surface area contributed by atoms with Gasteiger partial charge in [0.25, 0.3) is 0 Å². The highest BCUT2D eigenvalue weighted by molar-refractivity contribution is 9.12. The number of hydrogen-bond donors (Lipinski definition) is 1. The van der Waals surface area contributed by atoms with Crippen molar-refractivity contribution in [1.82, 2.24) is 15.1 Å². The smallest absolute Gasteiger partial charge is 0.410 e. The number of halogens is 6. The summed E-state index contributed by atoms with van der Waals surface area (Å²) in [4.78, 5) is 29.5. The molecule has 0 aromatic heterocycles. The first-order chi connectivity index (χ1) is 30.6. The molecular formula is C50H51Br4Cl2N5O3-2. The Morgan fingerprint density at radius 3 is 1.64 bits per heavy atom. The Kier molecular flexibility index (Phi) is 15.3. The average molecular weight is 1160 g/mol. The van der Waals surface area contributed by atoms with Crippen LogP contribution in [0, 0.1) is 17.8 Å². The molecule has 9 rings (SSSR count). The van der Waals surface area contributed by atoms with Crippen LogP contribution in [0.5, 0.6) is 0 Å². The average Bonchev–Trinajstić information content (AvgIpc) is 3.52. The molecule has 2 aromatic carbocycles. The molecule has 1 N–H and O–H groups in total. The van der Waals surface area contributed by atoms with E-state index in [1.165, 1.54) is 16.7 Å². The molecule has 64 heavy (non-hydrogen) atoms. The Labute approximate surface area is 420 Å². The molecule has 0 bridgehead atoms. The maximum Gasteiger partial charge on any atom is 0.410 e. The van der Waals surface area contributed by atoms with Crippen LogP contribution < -0.4 is 5.32 Å². The van der Waals surface area contributed by atoms with Gasteiger partial charge in [0, 0.05) is 51.6 Å². The van der Waals surface area contributed by atoms with Crippen molar-refractivity contribution >= 4 is 122 Å². The van der Waals surface area contributed by atoms with Crippen LogP contribution in [-0.2, 0) is 9.53 Å². The molecule has 3 fully saturated rings. The lowest BCUT2D eigenvalue weighted by Gasteiger charge is -2.39. The lowest BCUT2D eigenvalue weighted by Crippen LogP contribution is -2.43. The van der Waals surface area contributed by atoms with Gasteiger partial charge in [-0.25, -0.2) is 4.79 Å². The monoisotopic (exact) mass is 1160 g/mol. The minimum Gasteiger partial charge on any atom is -0.662 e. The molecule has 0 unspecified atom stereocenters. The van der Waals surface area contributed by atoms with Gasteiger partial charge < -0.3 is 30.5 Å². The predicted molar refractivity (Wildman–Crippen MR) is 277 cm³/mol. The minimum absolute atomic E-state index is 0.220. The number of amides is 2. The molecule has 3 saturated heterocycles. The number of piperidine rings is 3. The van der Waals surface area contributed by atoms with Crippen molar-refractivity contribution < 1.29 is 14.3 Å². The van der Waals surface area contributed by atoms with E-state index in [-0.39, 0.29) is 17.9 Å². The van der Waals surface area contributed by atoms with E-state index in [9.17, 15) is 9.59 Å². The van der Waals surface area contributed by atoms with Crippen molar-refractivity contribution in [2.45, 2.75) is 71.3 Å². The first-order valence-corrected chi connectivity index (χ1v) is 25.9. The van der Waals surface area contributed by atoms with Gasteiger partial charge in [-0.15, -0.1) is 11.4 Å². The summed E-state index contributed by atoms with van der Waals surface area (Å²) in [6, 6.07) is 7.98. The molecule has 2 amide bonds. The number of fused-ring (bicyclic) bond motifs is 4. The molecule has 338 valence electrons. The highest BCUT2D eigenvalue weighted by Gasteiger charge is 2.33. The molecule has 2 aliphatic carbocycles. The van der Waals surface area contributed by atoms with Gasteiger partial charge in [-0.2, -0.15) is 12.4 Å². The third kappa shape index (κ3) is 11.1. The second kappa shape index (κ2) is 20.6. The van der Waals surface area contributed by atoms with Crippen molar-refractivity contribution in [3.05, 3.63) is 144 Å². The summed E-state index contributed by atoms with van der Waals surface area (Å²) in [5, 5.41) is 14.5. The van der Waals surface area contributed by atoms with E-state index in [0.717, 1.165) is 127 Å². The number of nitrogens with one attached hydrogen (secondary N) is 1. The second-order valence-electron chi connectivity index (χ2n) is 18.2. The zero-order valence-corrected chi connectivity index (χ0v) is 44.0. The first-order valence-electron chi connectivity index (χ1n) is 22.0. The Hall–Kier alpha value is -2.84. The number of allylic oxidation sites excluding steroid dienone is 8. The molecule has 8 nitrogen and oxygen atoms in total. The van der Waals surface area contributed by atoms with Crippen molar-refractivity contribution in [2.24, 2.45) is 17.8 Å². The largest absolute Gasteiger partial charge is 0.662 e. The number of hydrogen-bond acceptors (Lipinski definition) is 4. The maximum absolute atomic E-state index is 13.3. The zero-order valence-electron chi connectivity index (χ0n) is 36.1. The molecule has 2 aromatic rings. The zero-order chi connectivity index (χ0) is 45.3. The summed E-state index contributed by atoms with van der Waals surface area (Å²) < 4.78 is 9.45. The third-order valence-corrected chi connectivity index (χ3v) is 15.2. The van der Waals surface area contributed by atoms with Crippen molar-refractivity contribution in [3.63, 3.8) is 0 Å². The summed E-state index contributed by atoms with van der Waals surface area (Å²) in [6.07, 6.45) is 22.4. The van der Waals surface area contributed by atoms with Gasteiger partial charge in [-0.05, 0) is 180 Å². The van der Waals surface area contributed by atoms with E-state index in [1.807, 2.05) is 62.3 Å². The number of rotatable bonds is 4. The summed E-state index contributed by atoms with van der Waals surface area (Å²) in [5.74, 6) is 1.28. The van der Waals surface area contributed by atoms with Crippen LogP contribution >= 0.6 is 86.9 Å². The lowest BCUT2D eigenvalue weighted by atomic mass is 9.81. The molecule has 5 heterocycles. The number of nitrogens with zero attached hydrogens (tertiary/aromatic N) is 4. The van der Waals surface area contributed by atoms with Gasteiger partial charge in [0.2, 0.25) is 5.91 Å². The van der Waals surface area contributed by atoms with Gasteiger partial charge in [-0.1, -0.05) is 111 Å². The molecule has 7 aliphatic rings. The van der Waals surface area contributed by atoms with Crippen LogP contribution in [0.15, 0.2) is 101 Å². The topological polar surface area (TPSA) is 90.1 Å². The first kappa shape index (κ1) is 47.6. The van der Waals surface area contributed by atoms with Gasteiger partial charge in [0.1, 0.15) is 5.60 Å². The fraction of sp³-hybridized carbons (Fsp3) is 0.400. The minimum atomic E-state index is -0.498. The highest BCUT2D eigenvalue weighted by Crippen LogP contribution is 2.49. The molecule has 14 heteroatoms. The van der Waals surface area contributed by atoms with E-state index in [4.69, 9.17) is 38.6 Å². The fourth-order valence-corrected chi connectivity index (χ4v) is 12.4. The number of benzene rings is 2. The maximum atomic E-state index is 13.3. The quantitative estimate of drug-likeness (QED) is 0.330. The Morgan fingerprint density at radius 2 is 1.16 bits per heavy atom. The third-order valence-electron chi connectivity index (χ3n) is 12.6. The SMILES string of the molecule is CC(C)(C)OC(=O)N1CCC(CC(=O)N2CCC(C3=C4[N-]C=C(Br)C=C4C=Cc4cc(Cl)cc(Br)c43)CC2)CC1.Clc1cc(Br)c2c(c1)C=CC1=CC(Br)=C[N-]C1=C2C1CCNCC1. The van der Waals surface area contributed by atoms with Crippen molar-refractivity contribution in [2.75, 3.05) is 39.3 Å². The molecule has 0 saturated carbocycles. The fourth-order valence-electron chi connectivity index (χ4n) is 9.57. The number of ether oxygens (including phenoxy) is 1. The van der Waals surface area contributed by atoms with E-state index in [1.54, 1.807) is 4.90 Å². The van der Waals surface area contributed by atoms with Gasteiger partial charge in [0.05, 0.1) is 0 Å². The van der Waals surface area contributed by atoms with E-state index >= 15 is 0 Å². The van der Waals surface area contributed by atoms with Crippen LogP contribution in [0.25, 0.3) is 33.9 Å². The van der Waals surface area contributed by atoms with E-state index < -0.39 is 5.60 Å². The van der Waals surface area contributed by atoms with Crippen LogP contribution in [0.1, 0.15) is 88.0 Å². The number of carbonyl (C=O) groups excluding carboxylic acids is 2. The Bertz CT molecular complexity index is 2460. The second-order valence-corrected chi connectivity index (χ2v) is 22.6.